The Labute approximate surface area is 126 Å². The normalized spacial score (nSPS) is 25.0. The van der Waals surface area contributed by atoms with E-state index < -0.39 is 10.0 Å². The molecule has 114 valence electrons. The molecule has 1 aliphatic carbocycles. The average molecular weight is 307 g/mol. The van der Waals surface area contributed by atoms with Crippen LogP contribution in [0.5, 0.6) is 0 Å². The molecule has 1 aromatic rings. The highest BCUT2D eigenvalue weighted by Crippen LogP contribution is 2.48. The maximum Gasteiger partial charge on any atom is 0.233 e. The van der Waals surface area contributed by atoms with Gasteiger partial charge in [0.05, 0.1) is 0 Å². The summed E-state index contributed by atoms with van der Waals surface area (Å²) in [5.74, 6) is 0. The number of sulfonamides is 1. The summed E-state index contributed by atoms with van der Waals surface area (Å²) < 4.78 is 32.7. The van der Waals surface area contributed by atoms with E-state index in [0.29, 0.717) is 0 Å². The Balaban J connectivity index is 1.65. The lowest BCUT2D eigenvalue weighted by molar-refractivity contribution is -0.0482. The minimum Gasteiger partial charge on any atom is -0.381 e. The fourth-order valence-electron chi connectivity index (χ4n) is 3.23. The molecular formula is C16H21NO3S. The van der Waals surface area contributed by atoms with Gasteiger partial charge in [-0.3, -0.25) is 0 Å². The molecule has 5 heteroatoms. The van der Waals surface area contributed by atoms with Gasteiger partial charge in [0.1, 0.15) is 0 Å². The van der Waals surface area contributed by atoms with Crippen LogP contribution in [0.4, 0.5) is 0 Å². The van der Waals surface area contributed by atoms with E-state index in [1.54, 1.807) is 6.08 Å². The predicted octanol–water partition coefficient (Wildman–Crippen LogP) is 2.54. The zero-order valence-corrected chi connectivity index (χ0v) is 12.8. The van der Waals surface area contributed by atoms with E-state index in [9.17, 15) is 8.42 Å². The second-order valence-corrected chi connectivity index (χ2v) is 7.54. The van der Waals surface area contributed by atoms with Crippen molar-refractivity contribution in [3.8, 4) is 0 Å². The number of rotatable bonds is 4. The molecule has 0 amide bonds. The van der Waals surface area contributed by atoms with Gasteiger partial charge < -0.3 is 4.74 Å². The molecule has 1 atom stereocenters. The molecular weight excluding hydrogens is 286 g/mol. The molecule has 1 aromatic carbocycles. The van der Waals surface area contributed by atoms with Crippen LogP contribution in [0.3, 0.4) is 0 Å². The highest BCUT2D eigenvalue weighted by Gasteiger charge is 2.48. The number of benzene rings is 1. The van der Waals surface area contributed by atoms with E-state index in [-0.39, 0.29) is 11.5 Å². The minimum absolute atomic E-state index is 0.0619. The lowest BCUT2D eigenvalue weighted by Gasteiger charge is -2.51. The Hall–Kier alpha value is -1.17. The summed E-state index contributed by atoms with van der Waals surface area (Å²) in [6.07, 6.45) is 5.59. The van der Waals surface area contributed by atoms with Crippen LogP contribution in [0.25, 0.3) is 6.08 Å². The largest absolute Gasteiger partial charge is 0.381 e. The lowest BCUT2D eigenvalue weighted by Crippen LogP contribution is -2.56. The topological polar surface area (TPSA) is 55.4 Å². The quantitative estimate of drug-likeness (QED) is 0.930. The van der Waals surface area contributed by atoms with Crippen molar-refractivity contribution in [1.82, 2.24) is 4.72 Å². The first-order chi connectivity index (χ1) is 10.1. The van der Waals surface area contributed by atoms with Gasteiger partial charge in [0.2, 0.25) is 10.0 Å². The monoisotopic (exact) mass is 307 g/mol. The number of nitrogens with one attached hydrogen (secondary N) is 1. The van der Waals surface area contributed by atoms with E-state index in [0.717, 1.165) is 44.5 Å². The average Bonchev–Trinajstić information content (AvgIpc) is 2.52. The maximum atomic E-state index is 12.2. The van der Waals surface area contributed by atoms with Gasteiger partial charge in [0.25, 0.3) is 0 Å². The Kier molecular flexibility index (Phi) is 4.15. The third-order valence-corrected chi connectivity index (χ3v) is 5.81. The van der Waals surface area contributed by atoms with Crippen molar-refractivity contribution in [2.24, 2.45) is 5.41 Å². The van der Waals surface area contributed by atoms with Gasteiger partial charge in [0, 0.05) is 24.7 Å². The summed E-state index contributed by atoms with van der Waals surface area (Å²) in [5, 5.41) is 1.27. The summed E-state index contributed by atoms with van der Waals surface area (Å²) in [6.45, 7) is 1.50. The first kappa shape index (κ1) is 14.8. The van der Waals surface area contributed by atoms with Crippen LogP contribution in [0.15, 0.2) is 35.7 Å². The van der Waals surface area contributed by atoms with Crippen molar-refractivity contribution in [2.75, 3.05) is 13.2 Å². The second-order valence-electron chi connectivity index (χ2n) is 5.94. The van der Waals surface area contributed by atoms with Crippen LogP contribution in [-0.4, -0.2) is 27.7 Å². The molecule has 21 heavy (non-hydrogen) atoms. The SMILES string of the molecule is O=S(=O)(/C=C/c1ccccc1)NC1CCC12CCOCC2. The molecule has 1 spiro atoms. The Bertz CT molecular complexity index is 604. The molecule has 0 aromatic heterocycles. The van der Waals surface area contributed by atoms with E-state index in [1.165, 1.54) is 5.41 Å². The van der Waals surface area contributed by atoms with Crippen molar-refractivity contribution in [1.29, 1.82) is 0 Å². The van der Waals surface area contributed by atoms with Crippen molar-refractivity contribution < 1.29 is 13.2 Å². The van der Waals surface area contributed by atoms with Crippen molar-refractivity contribution in [3.05, 3.63) is 41.3 Å². The van der Waals surface area contributed by atoms with Crippen LogP contribution < -0.4 is 4.72 Å². The molecule has 4 nitrogen and oxygen atoms in total. The molecule has 3 rings (SSSR count). The van der Waals surface area contributed by atoms with Gasteiger partial charge in [-0.25, -0.2) is 13.1 Å². The van der Waals surface area contributed by atoms with Gasteiger partial charge in [0.15, 0.2) is 0 Å². The highest BCUT2D eigenvalue weighted by molar-refractivity contribution is 7.92. The Morgan fingerprint density at radius 3 is 2.48 bits per heavy atom. The molecule has 1 saturated carbocycles. The summed E-state index contributed by atoms with van der Waals surface area (Å²) in [4.78, 5) is 0. The molecule has 1 heterocycles. The zero-order chi connectivity index (χ0) is 14.8. The van der Waals surface area contributed by atoms with E-state index in [1.807, 2.05) is 30.3 Å². The molecule has 1 N–H and O–H groups in total. The molecule has 1 aliphatic heterocycles. The van der Waals surface area contributed by atoms with Gasteiger partial charge in [-0.1, -0.05) is 30.3 Å². The molecule has 0 radical (unpaired) electrons. The lowest BCUT2D eigenvalue weighted by atomic mass is 9.60. The van der Waals surface area contributed by atoms with Gasteiger partial charge >= 0.3 is 0 Å². The molecule has 0 bridgehead atoms. The minimum atomic E-state index is -3.39. The Morgan fingerprint density at radius 1 is 1.14 bits per heavy atom. The van der Waals surface area contributed by atoms with Gasteiger partial charge in [-0.05, 0) is 42.7 Å². The third kappa shape index (κ3) is 3.36. The van der Waals surface area contributed by atoms with E-state index >= 15 is 0 Å². The van der Waals surface area contributed by atoms with Crippen LogP contribution in [0.2, 0.25) is 0 Å². The number of ether oxygens (including phenoxy) is 1. The molecule has 2 fully saturated rings. The Morgan fingerprint density at radius 2 is 1.86 bits per heavy atom. The van der Waals surface area contributed by atoms with Crippen molar-refractivity contribution >= 4 is 16.1 Å². The smallest absolute Gasteiger partial charge is 0.233 e. The number of hydrogen-bond acceptors (Lipinski definition) is 3. The fourth-order valence-corrected chi connectivity index (χ4v) is 4.41. The highest BCUT2D eigenvalue weighted by atomic mass is 32.2. The molecule has 1 unspecified atom stereocenters. The van der Waals surface area contributed by atoms with Gasteiger partial charge in [-0.15, -0.1) is 0 Å². The van der Waals surface area contributed by atoms with Crippen LogP contribution in [0, 0.1) is 5.41 Å². The summed E-state index contributed by atoms with van der Waals surface area (Å²) in [7, 11) is -3.39. The van der Waals surface area contributed by atoms with Crippen LogP contribution in [0.1, 0.15) is 31.2 Å². The van der Waals surface area contributed by atoms with Crippen molar-refractivity contribution in [3.63, 3.8) is 0 Å². The fraction of sp³-hybridized carbons (Fsp3) is 0.500. The first-order valence-corrected chi connectivity index (χ1v) is 8.98. The summed E-state index contributed by atoms with van der Waals surface area (Å²) >= 11 is 0. The zero-order valence-electron chi connectivity index (χ0n) is 12.0. The second kappa shape index (κ2) is 5.91. The summed E-state index contributed by atoms with van der Waals surface area (Å²) in [5.41, 5.74) is 1.02. The third-order valence-electron chi connectivity index (χ3n) is 4.70. The summed E-state index contributed by atoms with van der Waals surface area (Å²) in [6, 6.07) is 9.52. The van der Waals surface area contributed by atoms with Crippen LogP contribution in [-0.2, 0) is 14.8 Å². The van der Waals surface area contributed by atoms with E-state index in [2.05, 4.69) is 4.72 Å². The van der Waals surface area contributed by atoms with Crippen LogP contribution >= 0.6 is 0 Å². The first-order valence-electron chi connectivity index (χ1n) is 7.43. The maximum absolute atomic E-state index is 12.2. The predicted molar refractivity (Wildman–Crippen MR) is 83.0 cm³/mol. The van der Waals surface area contributed by atoms with E-state index in [4.69, 9.17) is 4.74 Å². The van der Waals surface area contributed by atoms with Gasteiger partial charge in [-0.2, -0.15) is 0 Å². The molecule has 1 saturated heterocycles. The standard InChI is InChI=1S/C16H21NO3S/c18-21(19,13-7-14-4-2-1-3-5-14)17-15-6-8-16(15)9-11-20-12-10-16/h1-5,7,13,15,17H,6,8-12H2/b13-7+. The number of hydrogen-bond donors (Lipinski definition) is 1. The van der Waals surface area contributed by atoms with Crippen molar-refractivity contribution in [2.45, 2.75) is 31.7 Å². The molecule has 2 aliphatic rings.